The second kappa shape index (κ2) is 31.1. The van der Waals surface area contributed by atoms with Gasteiger partial charge < -0.3 is 35.3 Å². The molecule has 0 fully saturated rings. The van der Waals surface area contributed by atoms with E-state index in [2.05, 4.69) is 77.1 Å². The fourth-order valence-corrected chi connectivity index (χ4v) is 7.06. The molecule has 26 nitrogen and oxygen atoms in total. The van der Waals surface area contributed by atoms with Gasteiger partial charge in [-0.3, -0.25) is 16.0 Å². The lowest BCUT2D eigenvalue weighted by atomic mass is 10.1. The molecule has 9 aromatic rings. The minimum Gasteiger partial charge on any atom is -0.504 e. The van der Waals surface area contributed by atoms with E-state index in [9.17, 15) is 34.5 Å². The van der Waals surface area contributed by atoms with E-state index in [0.717, 1.165) is 16.7 Å². The first-order chi connectivity index (χ1) is 41.8. The predicted molar refractivity (Wildman–Crippen MR) is 332 cm³/mol. The third kappa shape index (κ3) is 20.9. The monoisotopic (exact) mass is 1200 g/mol. The average molecular weight is 1200 g/mol. The van der Waals surface area contributed by atoms with E-state index in [-0.39, 0.29) is 40.0 Å². The lowest BCUT2D eigenvalue weighted by Gasteiger charge is -2.20. The molecule has 0 atom stereocenters. The molecule has 26 heteroatoms. The summed E-state index contributed by atoms with van der Waals surface area (Å²) < 4.78 is 15.7. The molecule has 88 heavy (non-hydrogen) atoms. The Morgan fingerprint density at radius 2 is 0.659 bits per heavy atom. The van der Waals surface area contributed by atoms with Gasteiger partial charge in [-0.05, 0) is 105 Å². The summed E-state index contributed by atoms with van der Waals surface area (Å²) in [5, 5.41) is 85.6. The number of carbonyl (C=O) groups excluding carboxylic acids is 3. The van der Waals surface area contributed by atoms with E-state index >= 15 is 0 Å². The lowest BCUT2D eigenvalue weighted by Crippen LogP contribution is -2.27. The molecule has 0 saturated carbocycles. The van der Waals surface area contributed by atoms with Gasteiger partial charge in [-0.25, -0.2) is 19.2 Å². The van der Waals surface area contributed by atoms with Crippen LogP contribution in [-0.4, -0.2) is 118 Å². The SMILES string of the molecule is CC.CC.CC(C)(C)OC(=O)Nc1cc(C(=O)O)ccc1-c1nnc(-c2ccccc2)nn1.CC(C)(C)OC(=O)Nc1cc(N)ccc1-c1nnc(-c2ccccc2)nn1.CC(C)(C)OC(=O)Nc1cc(O)c(O)cc1-c1nnc(-c2ccccc2)nn1. The number of aromatic carboxylic acids is 1. The topological polar surface area (TPSA) is 373 Å². The zero-order chi connectivity index (χ0) is 64.8. The molecular formula is C62H70N16O10. The zero-order valence-corrected chi connectivity index (χ0v) is 50.9. The smallest absolute Gasteiger partial charge is 0.412 e. The van der Waals surface area contributed by atoms with Crippen molar-refractivity contribution in [2.75, 3.05) is 21.7 Å². The number of aromatic nitrogens is 12. The summed E-state index contributed by atoms with van der Waals surface area (Å²) in [5.74, 6) is -0.421. The highest BCUT2D eigenvalue weighted by molar-refractivity contribution is 5.96. The maximum Gasteiger partial charge on any atom is 0.412 e. The van der Waals surface area contributed by atoms with Crippen molar-refractivity contribution in [2.24, 2.45) is 0 Å². The van der Waals surface area contributed by atoms with E-state index in [0.29, 0.717) is 40.0 Å². The number of rotatable bonds is 10. The first-order valence-electron chi connectivity index (χ1n) is 27.5. The molecule has 0 aliphatic rings. The van der Waals surface area contributed by atoms with Crippen molar-refractivity contribution >= 4 is 47.0 Å². The molecule has 0 bridgehead atoms. The quantitative estimate of drug-likeness (QED) is 0.0289. The summed E-state index contributed by atoms with van der Waals surface area (Å²) >= 11 is 0. The van der Waals surface area contributed by atoms with Gasteiger partial charge in [0.1, 0.15) is 16.8 Å². The summed E-state index contributed by atoms with van der Waals surface area (Å²) in [7, 11) is 0. The Hall–Kier alpha value is -11.2. The molecule has 3 heterocycles. The van der Waals surface area contributed by atoms with E-state index in [1.165, 1.54) is 30.3 Å². The fraction of sp³-hybridized carbons (Fsp3) is 0.258. The van der Waals surface area contributed by atoms with Crippen LogP contribution in [0.1, 0.15) is 100 Å². The summed E-state index contributed by atoms with van der Waals surface area (Å²) in [6, 6.07) is 39.4. The van der Waals surface area contributed by atoms with Crippen molar-refractivity contribution in [2.45, 2.75) is 107 Å². The second-order valence-electron chi connectivity index (χ2n) is 20.9. The Labute approximate surface area is 508 Å². The molecule has 0 radical (unpaired) electrons. The number of hydrogen-bond donors (Lipinski definition) is 7. The number of carboxylic acid groups (broad SMARTS) is 1. The van der Waals surface area contributed by atoms with Crippen molar-refractivity contribution in [3.05, 3.63) is 145 Å². The molecule has 3 aromatic heterocycles. The number of nitrogen functional groups attached to an aromatic ring is 1. The van der Waals surface area contributed by atoms with Gasteiger partial charge in [0.2, 0.25) is 34.9 Å². The van der Waals surface area contributed by atoms with Gasteiger partial charge in [0.05, 0.1) is 28.2 Å². The largest absolute Gasteiger partial charge is 0.504 e. The van der Waals surface area contributed by atoms with Crippen LogP contribution in [0.4, 0.5) is 37.1 Å². The Balaban J connectivity index is 0.000000234. The summed E-state index contributed by atoms with van der Waals surface area (Å²) in [4.78, 5) is 47.7. The van der Waals surface area contributed by atoms with Gasteiger partial charge in [0.25, 0.3) is 0 Å². The van der Waals surface area contributed by atoms with E-state index in [1.54, 1.807) is 80.5 Å². The Kier molecular flexibility index (Phi) is 23.9. The Morgan fingerprint density at radius 3 is 0.989 bits per heavy atom. The second-order valence-corrected chi connectivity index (χ2v) is 20.9. The number of benzene rings is 6. The molecule has 0 unspecified atom stereocenters. The molecular weight excluding hydrogens is 1130 g/mol. The number of amides is 3. The van der Waals surface area contributed by atoms with Crippen LogP contribution in [0.5, 0.6) is 11.5 Å². The van der Waals surface area contributed by atoms with Gasteiger partial charge in [0.15, 0.2) is 11.5 Å². The van der Waals surface area contributed by atoms with E-state index in [4.69, 9.17) is 19.9 Å². The number of nitrogens with zero attached hydrogens (tertiary/aromatic N) is 12. The average Bonchev–Trinajstić information content (AvgIpc) is 1.24. The fourth-order valence-electron chi connectivity index (χ4n) is 7.06. The van der Waals surface area contributed by atoms with Crippen LogP contribution in [-0.2, 0) is 14.2 Å². The number of nitrogens with two attached hydrogens (primary N) is 1. The van der Waals surface area contributed by atoms with Crippen molar-refractivity contribution in [3.63, 3.8) is 0 Å². The normalized spacial score (nSPS) is 10.7. The van der Waals surface area contributed by atoms with Crippen molar-refractivity contribution in [1.29, 1.82) is 0 Å². The molecule has 3 amide bonds. The molecule has 8 N–H and O–H groups in total. The standard InChI is InChI=1S/C20H19N5O4.C19H20N6O2.C19H19N5O4.2C2H6/c1-20(2,3)29-19(28)21-15-11-13(18(26)27)9-10-14(15)17-24-22-16(23-25-17)12-7-5-4-6-8-12;1-19(2,3)27-18(26)21-15-11-13(20)9-10-14(15)17-24-22-16(23-25-17)12-7-5-4-6-8-12;1-19(2,3)28-18(27)20-13-10-15(26)14(25)9-12(13)17-23-21-16(22-24-17)11-7-5-4-6-8-11;2*1-2/h4-11H,1-3H3,(H,21,28)(H,26,27);4-11H,20H2,1-3H3,(H,21,26);4-10,25-26H,1-3H3,(H,20,27);2*1-2H3. The number of phenols is 2. The predicted octanol–water partition coefficient (Wildman–Crippen LogP) is 12.6. The van der Waals surface area contributed by atoms with Gasteiger partial charge in [-0.1, -0.05) is 119 Å². The highest BCUT2D eigenvalue weighted by Crippen LogP contribution is 2.37. The van der Waals surface area contributed by atoms with Crippen LogP contribution < -0.4 is 21.7 Å². The molecule has 0 aliphatic carbocycles. The van der Waals surface area contributed by atoms with Gasteiger partial charge in [-0.2, -0.15) is 0 Å². The number of ether oxygens (including phenoxy) is 3. The van der Waals surface area contributed by atoms with E-state index < -0.39 is 52.6 Å². The highest BCUT2D eigenvalue weighted by atomic mass is 16.6. The van der Waals surface area contributed by atoms with E-state index in [1.807, 2.05) is 119 Å². The number of anilines is 4. The van der Waals surface area contributed by atoms with Crippen LogP contribution >= 0.6 is 0 Å². The maximum absolute atomic E-state index is 12.2. The molecule has 9 rings (SSSR count). The number of phenolic OH excluding ortho intramolecular Hbond substituents is 2. The van der Waals surface area contributed by atoms with Crippen LogP contribution in [0.3, 0.4) is 0 Å². The molecule has 6 aromatic carbocycles. The summed E-state index contributed by atoms with van der Waals surface area (Å²) in [6.45, 7) is 23.7. The first kappa shape index (κ1) is 67.6. The minimum absolute atomic E-state index is 0.0124. The third-order valence-corrected chi connectivity index (χ3v) is 10.6. The van der Waals surface area contributed by atoms with Crippen molar-refractivity contribution < 1.29 is 48.7 Å². The van der Waals surface area contributed by atoms with Crippen LogP contribution in [0.25, 0.3) is 68.3 Å². The molecule has 0 aliphatic heterocycles. The molecule has 458 valence electrons. The van der Waals surface area contributed by atoms with Crippen molar-refractivity contribution in [1.82, 2.24) is 61.2 Å². The molecule has 0 spiro atoms. The summed E-state index contributed by atoms with van der Waals surface area (Å²) in [5.41, 5.74) is 8.43. The first-order valence-corrected chi connectivity index (χ1v) is 27.5. The van der Waals surface area contributed by atoms with Gasteiger partial charge >= 0.3 is 24.2 Å². The van der Waals surface area contributed by atoms with Crippen LogP contribution in [0, 0.1) is 0 Å². The summed E-state index contributed by atoms with van der Waals surface area (Å²) in [6.07, 6.45) is -2.07. The number of hydrogen-bond acceptors (Lipinski definition) is 22. The number of aromatic hydroxyl groups is 2. The number of carbonyl (C=O) groups is 4. The van der Waals surface area contributed by atoms with Gasteiger partial charge in [-0.15, -0.1) is 61.2 Å². The zero-order valence-electron chi connectivity index (χ0n) is 50.9. The Morgan fingerprint density at radius 1 is 0.375 bits per heavy atom. The molecule has 0 saturated heterocycles. The number of carboxylic acids is 1. The lowest BCUT2D eigenvalue weighted by molar-refractivity contribution is 0.0624. The van der Waals surface area contributed by atoms with Crippen LogP contribution in [0.2, 0.25) is 0 Å². The maximum atomic E-state index is 12.2. The Bertz CT molecular complexity index is 3740. The third-order valence-electron chi connectivity index (χ3n) is 10.6. The number of nitrogens with one attached hydrogen (secondary N) is 3. The van der Waals surface area contributed by atoms with Crippen LogP contribution in [0.15, 0.2) is 140 Å². The van der Waals surface area contributed by atoms with Crippen molar-refractivity contribution in [3.8, 4) is 79.8 Å². The highest BCUT2D eigenvalue weighted by Gasteiger charge is 2.24. The van der Waals surface area contributed by atoms with Gasteiger partial charge in [0, 0.05) is 39.6 Å². The minimum atomic E-state index is -1.14.